The number of benzene rings is 1. The van der Waals surface area contributed by atoms with Crippen LogP contribution >= 0.6 is 0 Å². The van der Waals surface area contributed by atoms with Gasteiger partial charge in [0.25, 0.3) is 5.91 Å². The fourth-order valence-electron chi connectivity index (χ4n) is 1.26. The number of amides is 1. The minimum atomic E-state index is -0.985. The van der Waals surface area contributed by atoms with Crippen LogP contribution < -0.4 is 5.32 Å². The number of rotatable bonds is 4. The number of aliphatic hydroxyl groups excluding tert-OH is 2. The fraction of sp³-hybridized carbons (Fsp3) is 0.417. The van der Waals surface area contributed by atoms with Crippen molar-refractivity contribution < 1.29 is 15.0 Å². The Morgan fingerprint density at radius 2 is 2.00 bits per heavy atom. The number of carbonyl (C=O) groups excluding carboxylic acids is 1. The second-order valence-corrected chi connectivity index (χ2v) is 4.20. The summed E-state index contributed by atoms with van der Waals surface area (Å²) < 4.78 is 0. The molecule has 88 valence electrons. The molecular formula is C12H17NO3. The van der Waals surface area contributed by atoms with E-state index in [-0.39, 0.29) is 19.1 Å². The predicted molar refractivity (Wildman–Crippen MR) is 61.2 cm³/mol. The normalized spacial score (nSPS) is 11.2. The molecule has 0 saturated carbocycles. The van der Waals surface area contributed by atoms with Gasteiger partial charge in [0.1, 0.15) is 0 Å². The Morgan fingerprint density at radius 1 is 1.38 bits per heavy atom. The Morgan fingerprint density at radius 3 is 2.50 bits per heavy atom. The molecule has 4 heteroatoms. The Balaban J connectivity index is 2.80. The lowest BCUT2D eigenvalue weighted by atomic mass is 10.0. The maximum absolute atomic E-state index is 11.8. The average Bonchev–Trinajstić information content (AvgIpc) is 2.29. The molecule has 1 rings (SSSR count). The van der Waals surface area contributed by atoms with Gasteiger partial charge in [-0.25, -0.2) is 0 Å². The lowest BCUT2D eigenvalue weighted by Gasteiger charge is -2.26. The van der Waals surface area contributed by atoms with E-state index in [2.05, 4.69) is 5.32 Å². The summed E-state index contributed by atoms with van der Waals surface area (Å²) in [5.41, 5.74) is 0.524. The Kier molecular flexibility index (Phi) is 4.04. The molecule has 1 aromatic rings. The SMILES string of the molecule is Cc1cccc(C(=O)NC(C)(CO)CO)c1. The molecule has 0 bridgehead atoms. The molecule has 3 N–H and O–H groups in total. The Labute approximate surface area is 94.9 Å². The van der Waals surface area contributed by atoms with E-state index in [1.54, 1.807) is 25.1 Å². The van der Waals surface area contributed by atoms with Crippen molar-refractivity contribution in [1.82, 2.24) is 5.32 Å². The largest absolute Gasteiger partial charge is 0.394 e. The molecule has 0 heterocycles. The third kappa shape index (κ3) is 3.05. The molecule has 1 amide bonds. The van der Waals surface area contributed by atoms with Crippen LogP contribution in [0.5, 0.6) is 0 Å². The monoisotopic (exact) mass is 223 g/mol. The minimum absolute atomic E-state index is 0.297. The average molecular weight is 223 g/mol. The third-order valence-corrected chi connectivity index (χ3v) is 2.39. The van der Waals surface area contributed by atoms with Gasteiger partial charge in [-0.3, -0.25) is 4.79 Å². The van der Waals surface area contributed by atoms with Crippen molar-refractivity contribution in [2.24, 2.45) is 0 Å². The molecule has 4 nitrogen and oxygen atoms in total. The molecule has 0 saturated heterocycles. The van der Waals surface area contributed by atoms with E-state index in [1.165, 1.54) is 0 Å². The van der Waals surface area contributed by atoms with Gasteiger partial charge < -0.3 is 15.5 Å². The summed E-state index contributed by atoms with van der Waals surface area (Å²) in [4.78, 5) is 11.8. The van der Waals surface area contributed by atoms with E-state index in [0.29, 0.717) is 5.56 Å². The Bertz CT molecular complexity index is 372. The van der Waals surface area contributed by atoms with E-state index in [4.69, 9.17) is 10.2 Å². The summed E-state index contributed by atoms with van der Waals surface area (Å²) >= 11 is 0. The van der Waals surface area contributed by atoms with Crippen LogP contribution in [0.2, 0.25) is 0 Å². The van der Waals surface area contributed by atoms with Crippen LogP contribution in [0.4, 0.5) is 0 Å². The van der Waals surface area contributed by atoms with Gasteiger partial charge in [0, 0.05) is 5.56 Å². The van der Waals surface area contributed by atoms with Gasteiger partial charge in [-0.05, 0) is 26.0 Å². The molecule has 16 heavy (non-hydrogen) atoms. The fourth-order valence-corrected chi connectivity index (χ4v) is 1.26. The van der Waals surface area contributed by atoms with Crippen LogP contribution in [-0.2, 0) is 0 Å². The molecule has 0 fully saturated rings. The zero-order valence-corrected chi connectivity index (χ0v) is 9.53. The number of nitrogens with one attached hydrogen (secondary N) is 1. The highest BCUT2D eigenvalue weighted by Crippen LogP contribution is 2.07. The van der Waals surface area contributed by atoms with Crippen molar-refractivity contribution in [3.8, 4) is 0 Å². The zero-order chi connectivity index (χ0) is 12.2. The number of hydrogen-bond donors (Lipinski definition) is 3. The van der Waals surface area contributed by atoms with Crippen LogP contribution in [0.25, 0.3) is 0 Å². The van der Waals surface area contributed by atoms with Crippen molar-refractivity contribution >= 4 is 5.91 Å². The molecule has 0 aliphatic carbocycles. The van der Waals surface area contributed by atoms with E-state index in [0.717, 1.165) is 5.56 Å². The molecule has 0 aliphatic heterocycles. The van der Waals surface area contributed by atoms with Gasteiger partial charge in [-0.1, -0.05) is 17.7 Å². The summed E-state index contributed by atoms with van der Waals surface area (Å²) in [6.45, 7) is 2.87. The lowest BCUT2D eigenvalue weighted by molar-refractivity contribution is 0.0724. The van der Waals surface area contributed by atoms with E-state index in [1.807, 2.05) is 13.0 Å². The molecule has 1 aromatic carbocycles. The highest BCUT2D eigenvalue weighted by atomic mass is 16.3. The highest BCUT2D eigenvalue weighted by molar-refractivity contribution is 5.94. The standard InChI is InChI=1S/C12H17NO3/c1-9-4-3-5-10(6-9)11(16)13-12(2,7-14)8-15/h3-6,14-15H,7-8H2,1-2H3,(H,13,16). The first-order valence-corrected chi connectivity index (χ1v) is 5.12. The third-order valence-electron chi connectivity index (χ3n) is 2.39. The molecule has 0 unspecified atom stereocenters. The number of aliphatic hydroxyl groups is 2. The number of aryl methyl sites for hydroxylation is 1. The molecule has 0 aliphatic rings. The van der Waals surface area contributed by atoms with Crippen molar-refractivity contribution in [1.29, 1.82) is 0 Å². The first kappa shape index (κ1) is 12.7. The van der Waals surface area contributed by atoms with Crippen LogP contribution in [-0.4, -0.2) is 34.9 Å². The highest BCUT2D eigenvalue weighted by Gasteiger charge is 2.24. The molecule has 0 aromatic heterocycles. The molecule has 0 radical (unpaired) electrons. The number of hydrogen-bond acceptors (Lipinski definition) is 3. The zero-order valence-electron chi connectivity index (χ0n) is 9.53. The van der Waals surface area contributed by atoms with Gasteiger partial charge >= 0.3 is 0 Å². The van der Waals surface area contributed by atoms with Gasteiger partial charge in [-0.2, -0.15) is 0 Å². The second-order valence-electron chi connectivity index (χ2n) is 4.20. The van der Waals surface area contributed by atoms with Gasteiger partial charge in [0.05, 0.1) is 18.8 Å². The molecule has 0 spiro atoms. The lowest BCUT2D eigenvalue weighted by Crippen LogP contribution is -2.51. The van der Waals surface area contributed by atoms with Crippen LogP contribution in [0, 0.1) is 6.92 Å². The maximum atomic E-state index is 11.8. The van der Waals surface area contributed by atoms with Crippen molar-refractivity contribution in [2.75, 3.05) is 13.2 Å². The van der Waals surface area contributed by atoms with E-state index < -0.39 is 5.54 Å². The van der Waals surface area contributed by atoms with Gasteiger partial charge in [0.15, 0.2) is 0 Å². The summed E-state index contributed by atoms with van der Waals surface area (Å²) in [5.74, 6) is -0.297. The summed E-state index contributed by atoms with van der Waals surface area (Å²) in [6, 6.07) is 7.13. The smallest absolute Gasteiger partial charge is 0.251 e. The topological polar surface area (TPSA) is 69.6 Å². The van der Waals surface area contributed by atoms with Crippen molar-refractivity contribution in [2.45, 2.75) is 19.4 Å². The summed E-state index contributed by atoms with van der Waals surface area (Å²) in [7, 11) is 0. The van der Waals surface area contributed by atoms with Crippen LogP contribution in [0.15, 0.2) is 24.3 Å². The van der Waals surface area contributed by atoms with Crippen LogP contribution in [0.3, 0.4) is 0 Å². The first-order chi connectivity index (χ1) is 7.50. The summed E-state index contributed by atoms with van der Waals surface area (Å²) in [6.07, 6.45) is 0. The van der Waals surface area contributed by atoms with E-state index in [9.17, 15) is 4.79 Å². The summed E-state index contributed by atoms with van der Waals surface area (Å²) in [5, 5.41) is 20.7. The van der Waals surface area contributed by atoms with Crippen molar-refractivity contribution in [3.05, 3.63) is 35.4 Å². The first-order valence-electron chi connectivity index (χ1n) is 5.12. The minimum Gasteiger partial charge on any atom is -0.394 e. The molecular weight excluding hydrogens is 206 g/mol. The van der Waals surface area contributed by atoms with Gasteiger partial charge in [0.2, 0.25) is 0 Å². The quantitative estimate of drug-likeness (QED) is 0.695. The van der Waals surface area contributed by atoms with Gasteiger partial charge in [-0.15, -0.1) is 0 Å². The van der Waals surface area contributed by atoms with E-state index >= 15 is 0 Å². The Hall–Kier alpha value is -1.39. The second kappa shape index (κ2) is 5.09. The predicted octanol–water partition coefficient (Wildman–Crippen LogP) is 0.468. The maximum Gasteiger partial charge on any atom is 0.251 e. The van der Waals surface area contributed by atoms with Crippen molar-refractivity contribution in [3.63, 3.8) is 0 Å². The van der Waals surface area contributed by atoms with Crippen LogP contribution in [0.1, 0.15) is 22.8 Å². The molecule has 0 atom stereocenters. The number of carbonyl (C=O) groups is 1.